The van der Waals surface area contributed by atoms with Gasteiger partial charge in [0.25, 0.3) is 0 Å². The fourth-order valence-corrected chi connectivity index (χ4v) is 2.93. The van der Waals surface area contributed by atoms with E-state index in [1.54, 1.807) is 18.3 Å². The third kappa shape index (κ3) is 2.95. The number of hydrogen-bond acceptors (Lipinski definition) is 4. The third-order valence-electron chi connectivity index (χ3n) is 2.82. The Morgan fingerprint density at radius 2 is 2.29 bits per heavy atom. The smallest absolute Gasteiger partial charge is 0.235 e. The molecule has 1 atom stereocenters. The van der Waals surface area contributed by atoms with Crippen molar-refractivity contribution in [2.75, 3.05) is 4.72 Å². The zero-order valence-electron chi connectivity index (χ0n) is 9.76. The van der Waals surface area contributed by atoms with Crippen LogP contribution < -0.4 is 10.5 Å². The molecule has 1 aromatic rings. The number of nitrogens with one attached hydrogen (secondary N) is 1. The highest BCUT2D eigenvalue weighted by Gasteiger charge is 2.35. The third-order valence-corrected chi connectivity index (χ3v) is 4.69. The predicted molar refractivity (Wildman–Crippen MR) is 67.0 cm³/mol. The largest absolute Gasteiger partial charge is 0.323 e. The van der Waals surface area contributed by atoms with E-state index in [1.807, 2.05) is 6.92 Å². The summed E-state index contributed by atoms with van der Waals surface area (Å²) in [6, 6.07) is 3.19. The first kappa shape index (κ1) is 12.3. The van der Waals surface area contributed by atoms with E-state index in [2.05, 4.69) is 9.71 Å². The summed E-state index contributed by atoms with van der Waals surface area (Å²) in [6.45, 7) is 1.97. The van der Waals surface area contributed by atoms with Crippen LogP contribution in [0.4, 0.5) is 5.69 Å². The monoisotopic (exact) mass is 255 g/mol. The lowest BCUT2D eigenvalue weighted by Gasteiger charge is -2.11. The maximum atomic E-state index is 11.8. The van der Waals surface area contributed by atoms with Crippen molar-refractivity contribution in [2.45, 2.75) is 37.5 Å². The van der Waals surface area contributed by atoms with Crippen molar-refractivity contribution >= 4 is 15.7 Å². The molecule has 0 radical (unpaired) electrons. The second-order valence-electron chi connectivity index (χ2n) is 4.33. The van der Waals surface area contributed by atoms with E-state index < -0.39 is 10.0 Å². The second kappa shape index (κ2) is 4.62. The molecule has 1 unspecified atom stereocenters. The summed E-state index contributed by atoms with van der Waals surface area (Å²) in [7, 11) is -3.21. The van der Waals surface area contributed by atoms with Gasteiger partial charge in [-0.25, -0.2) is 8.42 Å². The average Bonchev–Trinajstić information content (AvgIpc) is 3.11. The average molecular weight is 255 g/mol. The maximum Gasteiger partial charge on any atom is 0.235 e. The standard InChI is InChI=1S/C11H17N3O2S/c1-2-10(12)11-7-8(5-6-13-11)14-17(15,16)9-3-4-9/h5-7,9-10H,2-4,12H2,1H3,(H,13,14). The quantitative estimate of drug-likeness (QED) is 0.832. The lowest BCUT2D eigenvalue weighted by atomic mass is 10.1. The molecule has 0 spiro atoms. The van der Waals surface area contributed by atoms with Crippen LogP contribution in [0.25, 0.3) is 0 Å². The molecule has 0 aromatic carbocycles. The molecule has 1 fully saturated rings. The van der Waals surface area contributed by atoms with Crippen molar-refractivity contribution < 1.29 is 8.42 Å². The molecule has 0 bridgehead atoms. The summed E-state index contributed by atoms with van der Waals surface area (Å²) < 4.78 is 26.1. The van der Waals surface area contributed by atoms with Crippen molar-refractivity contribution in [3.05, 3.63) is 24.0 Å². The molecule has 94 valence electrons. The van der Waals surface area contributed by atoms with Crippen LogP contribution >= 0.6 is 0 Å². The Labute approximate surface area is 101 Å². The first-order chi connectivity index (χ1) is 8.03. The Morgan fingerprint density at radius 1 is 1.59 bits per heavy atom. The molecule has 1 aliphatic carbocycles. The predicted octanol–water partition coefficient (Wildman–Crippen LogP) is 1.40. The Hall–Kier alpha value is -1.14. The Kier molecular flexibility index (Phi) is 3.35. The van der Waals surface area contributed by atoms with Gasteiger partial charge in [-0.15, -0.1) is 0 Å². The number of aromatic nitrogens is 1. The number of nitrogens with zero attached hydrogens (tertiary/aromatic N) is 1. The van der Waals surface area contributed by atoms with Crippen molar-refractivity contribution in [1.82, 2.24) is 4.98 Å². The number of rotatable bonds is 5. The molecule has 2 rings (SSSR count). The van der Waals surface area contributed by atoms with E-state index >= 15 is 0 Å². The number of sulfonamides is 1. The molecular weight excluding hydrogens is 238 g/mol. The highest BCUT2D eigenvalue weighted by atomic mass is 32.2. The van der Waals surface area contributed by atoms with Crippen LogP contribution in [0.3, 0.4) is 0 Å². The van der Waals surface area contributed by atoms with Crippen LogP contribution in [0.2, 0.25) is 0 Å². The van der Waals surface area contributed by atoms with Gasteiger partial charge < -0.3 is 5.73 Å². The summed E-state index contributed by atoms with van der Waals surface area (Å²) in [6.07, 6.45) is 3.85. The van der Waals surface area contributed by atoms with Gasteiger partial charge in [0.05, 0.1) is 16.6 Å². The molecule has 1 saturated carbocycles. The number of anilines is 1. The molecule has 5 nitrogen and oxygen atoms in total. The zero-order valence-corrected chi connectivity index (χ0v) is 10.6. The molecule has 0 amide bonds. The molecule has 6 heteroatoms. The Balaban J connectivity index is 2.16. The highest BCUT2D eigenvalue weighted by Crippen LogP contribution is 2.29. The Morgan fingerprint density at radius 3 is 2.88 bits per heavy atom. The van der Waals surface area contributed by atoms with Gasteiger partial charge in [-0.05, 0) is 31.4 Å². The van der Waals surface area contributed by atoms with Crippen LogP contribution in [0.15, 0.2) is 18.3 Å². The number of nitrogens with two attached hydrogens (primary N) is 1. The minimum atomic E-state index is -3.21. The van der Waals surface area contributed by atoms with Gasteiger partial charge in [-0.3, -0.25) is 9.71 Å². The molecule has 17 heavy (non-hydrogen) atoms. The topological polar surface area (TPSA) is 85.1 Å². The molecule has 1 heterocycles. The van der Waals surface area contributed by atoms with Crippen LogP contribution in [0.1, 0.15) is 37.9 Å². The van der Waals surface area contributed by atoms with Gasteiger partial charge in [0.1, 0.15) is 0 Å². The summed E-state index contributed by atoms with van der Waals surface area (Å²) in [5.41, 5.74) is 7.12. The number of hydrogen-bond donors (Lipinski definition) is 2. The lowest BCUT2D eigenvalue weighted by molar-refractivity contribution is 0.600. The molecule has 0 saturated heterocycles. The van der Waals surface area contributed by atoms with Crippen molar-refractivity contribution in [3.63, 3.8) is 0 Å². The first-order valence-electron chi connectivity index (χ1n) is 5.76. The molecule has 1 aliphatic rings. The van der Waals surface area contributed by atoms with E-state index in [9.17, 15) is 8.42 Å². The lowest BCUT2D eigenvalue weighted by Crippen LogP contribution is -2.18. The summed E-state index contributed by atoms with van der Waals surface area (Å²) in [5.74, 6) is 0. The van der Waals surface area contributed by atoms with Crippen LogP contribution in [-0.4, -0.2) is 18.7 Å². The minimum absolute atomic E-state index is 0.152. The summed E-state index contributed by atoms with van der Waals surface area (Å²) in [5, 5.41) is -0.223. The van der Waals surface area contributed by atoms with Crippen molar-refractivity contribution in [2.24, 2.45) is 5.73 Å². The molecule has 1 aromatic heterocycles. The van der Waals surface area contributed by atoms with Gasteiger partial charge in [-0.2, -0.15) is 0 Å². The van der Waals surface area contributed by atoms with Crippen LogP contribution in [0.5, 0.6) is 0 Å². The van der Waals surface area contributed by atoms with Gasteiger partial charge in [-0.1, -0.05) is 6.92 Å². The Bertz CT molecular complexity index is 497. The van der Waals surface area contributed by atoms with Gasteiger partial charge in [0, 0.05) is 12.2 Å². The fourth-order valence-electron chi connectivity index (χ4n) is 1.55. The number of pyridine rings is 1. The van der Waals surface area contributed by atoms with E-state index in [-0.39, 0.29) is 11.3 Å². The molecule has 3 N–H and O–H groups in total. The van der Waals surface area contributed by atoms with E-state index in [0.29, 0.717) is 11.4 Å². The first-order valence-corrected chi connectivity index (χ1v) is 7.30. The molecular formula is C11H17N3O2S. The zero-order chi connectivity index (χ0) is 12.5. The van der Waals surface area contributed by atoms with Crippen LogP contribution in [0, 0.1) is 0 Å². The molecule has 0 aliphatic heterocycles. The SMILES string of the molecule is CCC(N)c1cc(NS(=O)(=O)C2CC2)ccn1. The highest BCUT2D eigenvalue weighted by molar-refractivity contribution is 7.93. The van der Waals surface area contributed by atoms with Crippen molar-refractivity contribution in [3.8, 4) is 0 Å². The second-order valence-corrected chi connectivity index (χ2v) is 6.29. The minimum Gasteiger partial charge on any atom is -0.323 e. The van der Waals surface area contributed by atoms with Crippen LogP contribution in [-0.2, 0) is 10.0 Å². The van der Waals surface area contributed by atoms with Gasteiger partial charge >= 0.3 is 0 Å². The van der Waals surface area contributed by atoms with E-state index in [4.69, 9.17) is 5.73 Å². The van der Waals surface area contributed by atoms with Crippen molar-refractivity contribution in [1.29, 1.82) is 0 Å². The van der Waals surface area contributed by atoms with E-state index in [0.717, 1.165) is 19.3 Å². The van der Waals surface area contributed by atoms with Gasteiger partial charge in [0.15, 0.2) is 0 Å². The van der Waals surface area contributed by atoms with E-state index in [1.165, 1.54) is 0 Å². The fraction of sp³-hybridized carbons (Fsp3) is 0.545. The van der Waals surface area contributed by atoms with Gasteiger partial charge in [0.2, 0.25) is 10.0 Å². The normalized spacial score (nSPS) is 17.8. The summed E-state index contributed by atoms with van der Waals surface area (Å²) >= 11 is 0. The maximum absolute atomic E-state index is 11.8. The summed E-state index contributed by atoms with van der Waals surface area (Å²) in [4.78, 5) is 4.14.